The first-order valence-electron chi connectivity index (χ1n) is 5.44. The van der Waals surface area contributed by atoms with Crippen molar-refractivity contribution >= 4 is 27.5 Å². The third-order valence-corrected chi connectivity index (χ3v) is 3.77. The van der Waals surface area contributed by atoms with Crippen LogP contribution in [0.4, 0.5) is 4.39 Å². The number of rotatable bonds is 3. The van der Waals surface area contributed by atoms with Gasteiger partial charge in [-0.25, -0.2) is 9.07 Å². The van der Waals surface area contributed by atoms with E-state index in [4.69, 9.17) is 17.3 Å². The molecular weight excluding hydrogens is 321 g/mol. The minimum atomic E-state index is -0.442. The van der Waals surface area contributed by atoms with Crippen molar-refractivity contribution in [2.75, 3.05) is 6.54 Å². The van der Waals surface area contributed by atoms with Crippen molar-refractivity contribution in [2.24, 2.45) is 5.73 Å². The average molecular weight is 333 g/mol. The molecule has 2 rings (SSSR count). The van der Waals surface area contributed by atoms with Gasteiger partial charge in [0.15, 0.2) is 0 Å². The summed E-state index contributed by atoms with van der Waals surface area (Å²) in [5.41, 5.74) is 8.22. The second-order valence-electron chi connectivity index (χ2n) is 3.90. The third kappa shape index (κ3) is 2.43. The minimum absolute atomic E-state index is 0.0768. The van der Waals surface area contributed by atoms with Crippen molar-refractivity contribution in [3.05, 3.63) is 44.9 Å². The molecule has 0 amide bonds. The monoisotopic (exact) mass is 331 g/mol. The van der Waals surface area contributed by atoms with Crippen molar-refractivity contribution in [1.29, 1.82) is 0 Å². The Bertz CT molecular complexity index is 583. The van der Waals surface area contributed by atoms with E-state index < -0.39 is 5.82 Å². The van der Waals surface area contributed by atoms with E-state index in [9.17, 15) is 4.39 Å². The highest BCUT2D eigenvalue weighted by Crippen LogP contribution is 2.26. The fraction of sp³-hybridized carbons (Fsp3) is 0.250. The van der Waals surface area contributed by atoms with Gasteiger partial charge >= 0.3 is 0 Å². The van der Waals surface area contributed by atoms with Crippen molar-refractivity contribution in [3.63, 3.8) is 0 Å². The summed E-state index contributed by atoms with van der Waals surface area (Å²) < 4.78 is 15.6. The molecule has 0 aliphatic heterocycles. The molecule has 0 atom stereocenters. The van der Waals surface area contributed by atoms with Gasteiger partial charge in [-0.05, 0) is 54.0 Å². The number of benzene rings is 1. The van der Waals surface area contributed by atoms with E-state index in [1.807, 2.05) is 6.92 Å². The quantitative estimate of drug-likeness (QED) is 0.938. The summed E-state index contributed by atoms with van der Waals surface area (Å²) in [6.07, 6.45) is 0.737. The number of aryl methyl sites for hydroxylation is 1. The molecule has 0 aliphatic rings. The Kier molecular flexibility index (Phi) is 4.04. The fourth-order valence-corrected chi connectivity index (χ4v) is 2.69. The van der Waals surface area contributed by atoms with Crippen molar-refractivity contribution in [2.45, 2.75) is 13.3 Å². The van der Waals surface area contributed by atoms with Crippen LogP contribution in [0.5, 0.6) is 0 Å². The van der Waals surface area contributed by atoms with E-state index in [0.29, 0.717) is 12.2 Å². The molecule has 0 saturated heterocycles. The molecule has 2 N–H and O–H groups in total. The van der Waals surface area contributed by atoms with E-state index in [1.54, 1.807) is 16.8 Å². The SMILES string of the molecule is Cc1nn(-c2ccc(F)c(Cl)c2)c(Br)c1CCN. The first kappa shape index (κ1) is 13.5. The smallest absolute Gasteiger partial charge is 0.141 e. The lowest BCUT2D eigenvalue weighted by molar-refractivity contribution is 0.627. The molecule has 0 radical (unpaired) electrons. The molecule has 18 heavy (non-hydrogen) atoms. The topological polar surface area (TPSA) is 43.8 Å². The summed E-state index contributed by atoms with van der Waals surface area (Å²) in [5.74, 6) is -0.442. The van der Waals surface area contributed by atoms with Gasteiger partial charge in [0.1, 0.15) is 10.4 Å². The second kappa shape index (κ2) is 5.38. The van der Waals surface area contributed by atoms with Crippen LogP contribution in [0.3, 0.4) is 0 Å². The lowest BCUT2D eigenvalue weighted by atomic mass is 10.2. The average Bonchev–Trinajstić information content (AvgIpc) is 2.61. The number of hydrogen-bond acceptors (Lipinski definition) is 2. The molecule has 3 nitrogen and oxygen atoms in total. The van der Waals surface area contributed by atoms with Gasteiger partial charge in [-0.1, -0.05) is 11.6 Å². The Morgan fingerprint density at radius 3 is 2.83 bits per heavy atom. The van der Waals surface area contributed by atoms with Crippen molar-refractivity contribution in [1.82, 2.24) is 9.78 Å². The Hall–Kier alpha value is -0.910. The molecule has 6 heteroatoms. The first-order chi connectivity index (χ1) is 8.54. The zero-order valence-electron chi connectivity index (χ0n) is 9.75. The van der Waals surface area contributed by atoms with Crippen LogP contribution in [-0.4, -0.2) is 16.3 Å². The molecule has 1 aromatic heterocycles. The minimum Gasteiger partial charge on any atom is -0.330 e. The fourth-order valence-electron chi connectivity index (χ4n) is 1.75. The first-order valence-corrected chi connectivity index (χ1v) is 6.61. The summed E-state index contributed by atoms with van der Waals surface area (Å²) >= 11 is 9.26. The summed E-state index contributed by atoms with van der Waals surface area (Å²) in [5, 5.41) is 4.48. The highest BCUT2D eigenvalue weighted by molar-refractivity contribution is 9.10. The summed E-state index contributed by atoms with van der Waals surface area (Å²) in [6, 6.07) is 4.49. The van der Waals surface area contributed by atoms with Gasteiger partial charge < -0.3 is 5.73 Å². The van der Waals surface area contributed by atoms with Gasteiger partial charge in [0, 0.05) is 5.56 Å². The molecule has 96 valence electrons. The third-order valence-electron chi connectivity index (χ3n) is 2.66. The Morgan fingerprint density at radius 2 is 2.22 bits per heavy atom. The maximum absolute atomic E-state index is 13.1. The van der Waals surface area contributed by atoms with Crippen LogP contribution in [0, 0.1) is 12.7 Å². The van der Waals surface area contributed by atoms with Crippen LogP contribution >= 0.6 is 27.5 Å². The zero-order chi connectivity index (χ0) is 13.3. The van der Waals surface area contributed by atoms with Crippen molar-refractivity contribution in [3.8, 4) is 5.69 Å². The predicted molar refractivity (Wildman–Crippen MR) is 73.7 cm³/mol. The molecule has 0 bridgehead atoms. The number of nitrogens with two attached hydrogens (primary N) is 1. The van der Waals surface area contributed by atoms with Crippen LogP contribution in [-0.2, 0) is 6.42 Å². The maximum Gasteiger partial charge on any atom is 0.141 e. The number of nitrogens with zero attached hydrogens (tertiary/aromatic N) is 2. The van der Waals surface area contributed by atoms with E-state index >= 15 is 0 Å². The van der Waals surface area contributed by atoms with E-state index in [0.717, 1.165) is 22.3 Å². The van der Waals surface area contributed by atoms with E-state index in [-0.39, 0.29) is 5.02 Å². The molecular formula is C12H12BrClFN3. The van der Waals surface area contributed by atoms with Crippen LogP contribution in [0.2, 0.25) is 5.02 Å². The summed E-state index contributed by atoms with van der Waals surface area (Å²) in [6.45, 7) is 2.46. The van der Waals surface area contributed by atoms with E-state index in [2.05, 4.69) is 21.0 Å². The highest BCUT2D eigenvalue weighted by Gasteiger charge is 2.14. The van der Waals surface area contributed by atoms with Crippen LogP contribution < -0.4 is 5.73 Å². The lowest BCUT2D eigenvalue weighted by Gasteiger charge is -2.05. The molecule has 1 heterocycles. The second-order valence-corrected chi connectivity index (χ2v) is 5.06. The molecule has 1 aromatic carbocycles. The summed E-state index contributed by atoms with van der Waals surface area (Å²) in [7, 11) is 0. The molecule has 0 aliphatic carbocycles. The zero-order valence-corrected chi connectivity index (χ0v) is 12.1. The van der Waals surface area contributed by atoms with Crippen molar-refractivity contribution < 1.29 is 4.39 Å². The lowest BCUT2D eigenvalue weighted by Crippen LogP contribution is -2.03. The van der Waals surface area contributed by atoms with Gasteiger partial charge in [-0.3, -0.25) is 0 Å². The molecule has 0 fully saturated rings. The predicted octanol–water partition coefficient (Wildman–Crippen LogP) is 3.24. The number of halogens is 3. The normalized spacial score (nSPS) is 10.9. The molecule has 0 spiro atoms. The van der Waals surface area contributed by atoms with Gasteiger partial charge in [0.05, 0.1) is 16.4 Å². The number of hydrogen-bond donors (Lipinski definition) is 1. The van der Waals surface area contributed by atoms with Crippen LogP contribution in [0.15, 0.2) is 22.8 Å². The molecule has 2 aromatic rings. The Balaban J connectivity index is 2.50. The molecule has 0 saturated carbocycles. The Labute approximate surface area is 118 Å². The van der Waals surface area contributed by atoms with Crippen LogP contribution in [0.1, 0.15) is 11.3 Å². The van der Waals surface area contributed by atoms with Gasteiger partial charge in [-0.15, -0.1) is 0 Å². The largest absolute Gasteiger partial charge is 0.330 e. The van der Waals surface area contributed by atoms with Gasteiger partial charge in [0.2, 0.25) is 0 Å². The highest BCUT2D eigenvalue weighted by atomic mass is 79.9. The van der Waals surface area contributed by atoms with Gasteiger partial charge in [-0.2, -0.15) is 5.10 Å². The summed E-state index contributed by atoms with van der Waals surface area (Å²) in [4.78, 5) is 0. The van der Waals surface area contributed by atoms with Gasteiger partial charge in [0.25, 0.3) is 0 Å². The maximum atomic E-state index is 13.1. The number of aromatic nitrogens is 2. The van der Waals surface area contributed by atoms with E-state index in [1.165, 1.54) is 6.07 Å². The molecule has 0 unspecified atom stereocenters. The Morgan fingerprint density at radius 1 is 1.50 bits per heavy atom. The standard InChI is InChI=1S/C12H12BrClFN3/c1-7-9(4-5-16)12(13)18(17-7)8-2-3-11(15)10(14)6-8/h2-3,6H,4-5,16H2,1H3. The van der Waals surface area contributed by atoms with Crippen LogP contribution in [0.25, 0.3) is 5.69 Å².